The highest BCUT2D eigenvalue weighted by molar-refractivity contribution is 5.51. The first-order valence-electron chi connectivity index (χ1n) is 6.81. The number of rotatable bonds is 2. The third-order valence-corrected chi connectivity index (χ3v) is 3.83. The molecule has 1 atom stereocenters. The van der Waals surface area contributed by atoms with Crippen LogP contribution in [0, 0.1) is 18.6 Å². The van der Waals surface area contributed by atoms with Gasteiger partial charge in [0.15, 0.2) is 0 Å². The molecule has 1 saturated heterocycles. The normalized spacial score (nSPS) is 22.6. The van der Waals surface area contributed by atoms with Gasteiger partial charge in [-0.15, -0.1) is 0 Å². The van der Waals surface area contributed by atoms with Crippen LogP contribution < -0.4 is 10.2 Å². The van der Waals surface area contributed by atoms with Gasteiger partial charge in [0.25, 0.3) is 0 Å². The first-order chi connectivity index (χ1) is 8.84. The monoisotopic (exact) mass is 268 g/mol. The molecule has 0 amide bonds. The topological polar surface area (TPSA) is 15.3 Å². The second-order valence-corrected chi connectivity index (χ2v) is 6.01. The van der Waals surface area contributed by atoms with Crippen molar-refractivity contribution in [1.29, 1.82) is 0 Å². The minimum absolute atomic E-state index is 0.0977. The fourth-order valence-corrected chi connectivity index (χ4v) is 2.62. The summed E-state index contributed by atoms with van der Waals surface area (Å²) in [5.74, 6) is -0.683. The highest BCUT2D eigenvalue weighted by atomic mass is 19.1. The zero-order valence-corrected chi connectivity index (χ0v) is 12.1. The molecule has 1 unspecified atom stereocenters. The van der Waals surface area contributed by atoms with Crippen LogP contribution in [0.25, 0.3) is 0 Å². The Morgan fingerprint density at radius 1 is 1.32 bits per heavy atom. The summed E-state index contributed by atoms with van der Waals surface area (Å²) in [4.78, 5) is 1.99. The van der Waals surface area contributed by atoms with E-state index >= 15 is 0 Å². The smallest absolute Gasteiger partial charge is 0.146 e. The van der Waals surface area contributed by atoms with Gasteiger partial charge in [0.1, 0.15) is 11.6 Å². The molecule has 1 aromatic rings. The van der Waals surface area contributed by atoms with Crippen LogP contribution in [-0.2, 0) is 0 Å². The van der Waals surface area contributed by atoms with Crippen molar-refractivity contribution in [3.05, 3.63) is 29.3 Å². The molecule has 1 fully saturated rings. The number of piperazine rings is 1. The molecule has 0 bridgehead atoms. The van der Waals surface area contributed by atoms with E-state index in [4.69, 9.17) is 0 Å². The van der Waals surface area contributed by atoms with E-state index in [1.54, 1.807) is 6.92 Å². The molecule has 0 aromatic heterocycles. The molecular formula is C15H22F2N2. The van der Waals surface area contributed by atoms with E-state index < -0.39 is 0 Å². The molecule has 2 nitrogen and oxygen atoms in total. The average Bonchev–Trinajstić information content (AvgIpc) is 2.33. The van der Waals surface area contributed by atoms with Crippen molar-refractivity contribution in [2.75, 3.05) is 18.0 Å². The first kappa shape index (κ1) is 14.3. The maximum Gasteiger partial charge on any atom is 0.146 e. The predicted octanol–water partition coefficient (Wildman–Crippen LogP) is 3.24. The summed E-state index contributed by atoms with van der Waals surface area (Å²) in [5, 5.41) is 3.45. The summed E-state index contributed by atoms with van der Waals surface area (Å²) in [5.41, 5.74) is 0.632. The van der Waals surface area contributed by atoms with E-state index in [0.717, 1.165) is 13.0 Å². The van der Waals surface area contributed by atoms with Crippen molar-refractivity contribution in [2.24, 2.45) is 0 Å². The average molecular weight is 268 g/mol. The fraction of sp³-hybridized carbons (Fsp3) is 0.600. The summed E-state index contributed by atoms with van der Waals surface area (Å²) >= 11 is 0. The lowest BCUT2D eigenvalue weighted by Crippen LogP contribution is -2.61. The SMILES string of the molecule is CCC1CNC(C)(C)CN1c1cc(F)c(C)cc1F. The second-order valence-electron chi connectivity index (χ2n) is 6.01. The Kier molecular flexibility index (Phi) is 3.81. The molecular weight excluding hydrogens is 246 g/mol. The van der Waals surface area contributed by atoms with Gasteiger partial charge in [-0.1, -0.05) is 6.92 Å². The van der Waals surface area contributed by atoms with Crippen LogP contribution in [0.1, 0.15) is 32.8 Å². The quantitative estimate of drug-likeness (QED) is 0.886. The van der Waals surface area contributed by atoms with Crippen LogP contribution in [0.2, 0.25) is 0 Å². The van der Waals surface area contributed by atoms with E-state index in [1.165, 1.54) is 12.1 Å². The molecule has 0 saturated carbocycles. The van der Waals surface area contributed by atoms with Gasteiger partial charge in [0, 0.05) is 30.7 Å². The van der Waals surface area contributed by atoms with Crippen LogP contribution in [0.15, 0.2) is 12.1 Å². The summed E-state index contributed by atoms with van der Waals surface area (Å²) in [6.45, 7) is 9.27. The van der Waals surface area contributed by atoms with Gasteiger partial charge in [-0.25, -0.2) is 8.78 Å². The van der Waals surface area contributed by atoms with Gasteiger partial charge >= 0.3 is 0 Å². The van der Waals surface area contributed by atoms with Gasteiger partial charge in [-0.05, 0) is 38.8 Å². The molecule has 2 rings (SSSR count). The van der Waals surface area contributed by atoms with Crippen LogP contribution >= 0.6 is 0 Å². The molecule has 106 valence electrons. The van der Waals surface area contributed by atoms with Crippen molar-refractivity contribution >= 4 is 5.69 Å². The van der Waals surface area contributed by atoms with Crippen LogP contribution in [0.5, 0.6) is 0 Å². The maximum atomic E-state index is 14.1. The Bertz CT molecular complexity index is 471. The van der Waals surface area contributed by atoms with Crippen LogP contribution in [0.4, 0.5) is 14.5 Å². The highest BCUT2D eigenvalue weighted by Crippen LogP contribution is 2.29. The molecule has 0 radical (unpaired) electrons. The lowest BCUT2D eigenvalue weighted by atomic mass is 9.96. The van der Waals surface area contributed by atoms with Crippen molar-refractivity contribution in [1.82, 2.24) is 5.32 Å². The highest BCUT2D eigenvalue weighted by Gasteiger charge is 2.33. The van der Waals surface area contributed by atoms with Gasteiger partial charge < -0.3 is 10.2 Å². The number of halogens is 2. The molecule has 0 aliphatic carbocycles. The lowest BCUT2D eigenvalue weighted by molar-refractivity contribution is 0.304. The number of benzene rings is 1. The van der Waals surface area contributed by atoms with E-state index in [9.17, 15) is 8.78 Å². The van der Waals surface area contributed by atoms with Crippen LogP contribution in [0.3, 0.4) is 0 Å². The summed E-state index contributed by atoms with van der Waals surface area (Å²) < 4.78 is 27.9. The zero-order valence-electron chi connectivity index (χ0n) is 12.1. The van der Waals surface area contributed by atoms with Crippen LogP contribution in [-0.4, -0.2) is 24.7 Å². The third-order valence-electron chi connectivity index (χ3n) is 3.83. The molecule has 0 spiro atoms. The van der Waals surface area contributed by atoms with Crippen molar-refractivity contribution in [3.8, 4) is 0 Å². The molecule has 1 heterocycles. The Balaban J connectivity index is 2.39. The van der Waals surface area contributed by atoms with Crippen molar-refractivity contribution < 1.29 is 8.78 Å². The molecule has 4 heteroatoms. The standard InChI is InChI=1S/C15H22F2N2/c1-5-11-8-18-15(3,4)9-19(11)14-7-12(16)10(2)6-13(14)17/h6-7,11,18H,5,8-9H2,1-4H3. The molecule has 1 aliphatic rings. The number of nitrogens with one attached hydrogen (secondary N) is 1. The summed E-state index contributed by atoms with van der Waals surface area (Å²) in [6.07, 6.45) is 0.901. The minimum atomic E-state index is -0.345. The number of anilines is 1. The Morgan fingerprint density at radius 3 is 2.63 bits per heavy atom. The van der Waals surface area contributed by atoms with Gasteiger partial charge in [-0.2, -0.15) is 0 Å². The zero-order chi connectivity index (χ0) is 14.2. The van der Waals surface area contributed by atoms with E-state index in [0.29, 0.717) is 17.8 Å². The van der Waals surface area contributed by atoms with Gasteiger partial charge in [-0.3, -0.25) is 0 Å². The number of nitrogens with zero attached hydrogens (tertiary/aromatic N) is 1. The number of hydrogen-bond acceptors (Lipinski definition) is 2. The molecule has 1 aromatic carbocycles. The molecule has 1 N–H and O–H groups in total. The predicted molar refractivity (Wildman–Crippen MR) is 74.6 cm³/mol. The Hall–Kier alpha value is -1.16. The van der Waals surface area contributed by atoms with Crippen molar-refractivity contribution in [2.45, 2.75) is 45.7 Å². The van der Waals surface area contributed by atoms with E-state index in [2.05, 4.69) is 26.1 Å². The molecule has 19 heavy (non-hydrogen) atoms. The lowest BCUT2D eigenvalue weighted by Gasteiger charge is -2.45. The van der Waals surface area contributed by atoms with Gasteiger partial charge in [0.2, 0.25) is 0 Å². The summed E-state index contributed by atoms with van der Waals surface area (Å²) in [7, 11) is 0. The third kappa shape index (κ3) is 2.89. The molecule has 1 aliphatic heterocycles. The van der Waals surface area contributed by atoms with E-state index in [1.807, 2.05) is 4.90 Å². The largest absolute Gasteiger partial charge is 0.363 e. The number of aryl methyl sites for hydroxylation is 1. The maximum absolute atomic E-state index is 14.1. The minimum Gasteiger partial charge on any atom is -0.363 e. The first-order valence-corrected chi connectivity index (χ1v) is 6.81. The van der Waals surface area contributed by atoms with Crippen molar-refractivity contribution in [3.63, 3.8) is 0 Å². The summed E-state index contributed by atoms with van der Waals surface area (Å²) in [6, 6.07) is 2.81. The number of hydrogen-bond donors (Lipinski definition) is 1. The second kappa shape index (κ2) is 5.08. The van der Waals surface area contributed by atoms with E-state index in [-0.39, 0.29) is 23.2 Å². The van der Waals surface area contributed by atoms with Gasteiger partial charge in [0.05, 0.1) is 5.69 Å². The Morgan fingerprint density at radius 2 is 2.00 bits per heavy atom. The fourth-order valence-electron chi connectivity index (χ4n) is 2.62. The Labute approximate surface area is 113 Å².